The summed E-state index contributed by atoms with van der Waals surface area (Å²) >= 11 is 0. The molecular formula is C16H23N5. The average Bonchev–Trinajstić information content (AvgIpc) is 2.50. The normalized spacial score (nSPS) is 10.5. The zero-order chi connectivity index (χ0) is 15.2. The van der Waals surface area contributed by atoms with Crippen molar-refractivity contribution in [1.82, 2.24) is 15.2 Å². The third-order valence-corrected chi connectivity index (χ3v) is 3.64. The Balaban J connectivity index is 2.16. The summed E-state index contributed by atoms with van der Waals surface area (Å²) in [6.07, 6.45) is 4.00. The van der Waals surface area contributed by atoms with E-state index < -0.39 is 0 Å². The maximum absolute atomic E-state index is 4.53. The number of aromatic nitrogens is 3. The van der Waals surface area contributed by atoms with Gasteiger partial charge in [0, 0.05) is 19.3 Å². The van der Waals surface area contributed by atoms with E-state index in [9.17, 15) is 0 Å². The monoisotopic (exact) mass is 285 g/mol. The molecule has 1 heterocycles. The van der Waals surface area contributed by atoms with Gasteiger partial charge in [0.2, 0.25) is 5.95 Å². The van der Waals surface area contributed by atoms with Crippen LogP contribution in [0.5, 0.6) is 0 Å². The first-order valence-electron chi connectivity index (χ1n) is 7.36. The van der Waals surface area contributed by atoms with Crippen molar-refractivity contribution in [2.24, 2.45) is 0 Å². The number of hydrogen-bond donors (Lipinski definition) is 1. The molecule has 1 aromatic carbocycles. The third-order valence-electron chi connectivity index (χ3n) is 3.64. The summed E-state index contributed by atoms with van der Waals surface area (Å²) in [4.78, 5) is 6.64. The molecule has 0 aliphatic rings. The zero-order valence-corrected chi connectivity index (χ0v) is 13.2. The van der Waals surface area contributed by atoms with E-state index in [1.165, 1.54) is 11.1 Å². The first-order valence-corrected chi connectivity index (χ1v) is 7.36. The number of benzene rings is 1. The molecule has 0 aliphatic heterocycles. The first kappa shape index (κ1) is 15.2. The van der Waals surface area contributed by atoms with Crippen LogP contribution in [0.1, 0.15) is 30.9 Å². The molecule has 0 atom stereocenters. The van der Waals surface area contributed by atoms with Gasteiger partial charge in [0.15, 0.2) is 5.82 Å². The van der Waals surface area contributed by atoms with E-state index in [1.54, 1.807) is 6.20 Å². The molecule has 0 radical (unpaired) electrons. The molecule has 112 valence electrons. The fourth-order valence-corrected chi connectivity index (χ4v) is 2.05. The van der Waals surface area contributed by atoms with Gasteiger partial charge in [-0.15, -0.1) is 5.10 Å². The molecule has 5 heteroatoms. The molecule has 1 aromatic heterocycles. The van der Waals surface area contributed by atoms with E-state index in [0.29, 0.717) is 5.95 Å². The van der Waals surface area contributed by atoms with Crippen LogP contribution in [0.15, 0.2) is 24.4 Å². The van der Waals surface area contributed by atoms with Gasteiger partial charge in [-0.25, -0.2) is 0 Å². The second-order valence-corrected chi connectivity index (χ2v) is 5.29. The molecule has 0 saturated carbocycles. The molecule has 0 saturated heterocycles. The molecule has 0 aliphatic carbocycles. The SMILES string of the molecule is CCCCN(C)c1cnnc(Nc2cccc(C)c2C)n1. The van der Waals surface area contributed by atoms with Crippen molar-refractivity contribution >= 4 is 17.5 Å². The minimum Gasteiger partial charge on any atom is -0.358 e. The predicted octanol–water partition coefficient (Wildman–Crippen LogP) is 3.47. The molecule has 0 fully saturated rings. The van der Waals surface area contributed by atoms with Crippen molar-refractivity contribution in [3.8, 4) is 0 Å². The Labute approximate surface area is 126 Å². The Kier molecular flexibility index (Phi) is 5.09. The molecule has 21 heavy (non-hydrogen) atoms. The molecule has 1 N–H and O–H groups in total. The lowest BCUT2D eigenvalue weighted by molar-refractivity contribution is 0.754. The van der Waals surface area contributed by atoms with Crippen LogP contribution in [0.3, 0.4) is 0 Å². The molecular weight excluding hydrogens is 262 g/mol. The lowest BCUT2D eigenvalue weighted by atomic mass is 10.1. The number of nitrogens with zero attached hydrogens (tertiary/aromatic N) is 4. The quantitative estimate of drug-likeness (QED) is 0.880. The van der Waals surface area contributed by atoms with Crippen molar-refractivity contribution < 1.29 is 0 Å². The van der Waals surface area contributed by atoms with Gasteiger partial charge in [-0.1, -0.05) is 25.5 Å². The van der Waals surface area contributed by atoms with Gasteiger partial charge < -0.3 is 10.2 Å². The fraction of sp³-hybridized carbons (Fsp3) is 0.438. The summed E-state index contributed by atoms with van der Waals surface area (Å²) in [6, 6.07) is 6.14. The second kappa shape index (κ2) is 7.02. The standard InChI is InChI=1S/C16H23N5/c1-5-6-10-21(4)15-11-17-20-16(19-15)18-14-9-7-8-12(2)13(14)3/h7-9,11H,5-6,10H2,1-4H3,(H,18,19,20). The summed E-state index contributed by atoms with van der Waals surface area (Å²) in [7, 11) is 2.03. The molecule has 0 bridgehead atoms. The molecule has 0 unspecified atom stereocenters. The van der Waals surface area contributed by atoms with Gasteiger partial charge in [-0.05, 0) is 37.5 Å². The van der Waals surface area contributed by atoms with E-state index in [4.69, 9.17) is 0 Å². The Morgan fingerprint density at radius 1 is 1.24 bits per heavy atom. The van der Waals surface area contributed by atoms with E-state index in [1.807, 2.05) is 19.2 Å². The van der Waals surface area contributed by atoms with Crippen LogP contribution >= 0.6 is 0 Å². The lowest BCUT2D eigenvalue weighted by Gasteiger charge is -2.17. The molecule has 0 spiro atoms. The summed E-state index contributed by atoms with van der Waals surface area (Å²) in [6.45, 7) is 7.33. The number of aryl methyl sites for hydroxylation is 1. The number of unbranched alkanes of at least 4 members (excludes halogenated alkanes) is 1. The van der Waals surface area contributed by atoms with Crippen LogP contribution in [-0.4, -0.2) is 28.8 Å². The topological polar surface area (TPSA) is 53.9 Å². The van der Waals surface area contributed by atoms with Crippen molar-refractivity contribution in [3.05, 3.63) is 35.5 Å². The molecule has 2 rings (SSSR count). The maximum Gasteiger partial charge on any atom is 0.249 e. The summed E-state index contributed by atoms with van der Waals surface area (Å²) in [5, 5.41) is 11.4. The van der Waals surface area contributed by atoms with Crippen LogP contribution < -0.4 is 10.2 Å². The average molecular weight is 285 g/mol. The summed E-state index contributed by atoms with van der Waals surface area (Å²) in [5.41, 5.74) is 3.46. The fourth-order valence-electron chi connectivity index (χ4n) is 2.05. The highest BCUT2D eigenvalue weighted by atomic mass is 15.3. The molecule has 0 amide bonds. The maximum atomic E-state index is 4.53. The van der Waals surface area contributed by atoms with Crippen LogP contribution in [0.4, 0.5) is 17.5 Å². The second-order valence-electron chi connectivity index (χ2n) is 5.29. The van der Waals surface area contributed by atoms with Crippen LogP contribution in [0, 0.1) is 13.8 Å². The van der Waals surface area contributed by atoms with Crippen molar-refractivity contribution in [2.45, 2.75) is 33.6 Å². The van der Waals surface area contributed by atoms with Crippen LogP contribution in [0.25, 0.3) is 0 Å². The summed E-state index contributed by atoms with van der Waals surface area (Å²) in [5.74, 6) is 1.37. The van der Waals surface area contributed by atoms with Gasteiger partial charge in [-0.2, -0.15) is 10.1 Å². The number of nitrogens with one attached hydrogen (secondary N) is 1. The summed E-state index contributed by atoms with van der Waals surface area (Å²) < 4.78 is 0. The van der Waals surface area contributed by atoms with Gasteiger partial charge in [0.25, 0.3) is 0 Å². The van der Waals surface area contributed by atoms with Crippen molar-refractivity contribution in [1.29, 1.82) is 0 Å². The first-order chi connectivity index (χ1) is 10.1. The third kappa shape index (κ3) is 3.90. The van der Waals surface area contributed by atoms with Gasteiger partial charge in [0.1, 0.15) is 0 Å². The van der Waals surface area contributed by atoms with Crippen molar-refractivity contribution in [3.63, 3.8) is 0 Å². The predicted molar refractivity (Wildman–Crippen MR) is 87.2 cm³/mol. The van der Waals surface area contributed by atoms with Gasteiger partial charge >= 0.3 is 0 Å². The Morgan fingerprint density at radius 3 is 2.81 bits per heavy atom. The van der Waals surface area contributed by atoms with Crippen molar-refractivity contribution in [2.75, 3.05) is 23.8 Å². The van der Waals surface area contributed by atoms with Gasteiger partial charge in [0.05, 0.1) is 6.20 Å². The minimum absolute atomic E-state index is 0.532. The number of rotatable bonds is 6. The highest BCUT2D eigenvalue weighted by Gasteiger charge is 2.07. The number of hydrogen-bond acceptors (Lipinski definition) is 5. The van der Waals surface area contributed by atoms with E-state index in [-0.39, 0.29) is 0 Å². The van der Waals surface area contributed by atoms with E-state index >= 15 is 0 Å². The van der Waals surface area contributed by atoms with E-state index in [0.717, 1.165) is 30.9 Å². The Morgan fingerprint density at radius 2 is 2.05 bits per heavy atom. The Bertz CT molecular complexity index is 597. The van der Waals surface area contributed by atoms with Crippen LogP contribution in [0.2, 0.25) is 0 Å². The minimum atomic E-state index is 0.532. The van der Waals surface area contributed by atoms with Crippen LogP contribution in [-0.2, 0) is 0 Å². The number of anilines is 3. The Hall–Kier alpha value is -2.17. The largest absolute Gasteiger partial charge is 0.358 e. The smallest absolute Gasteiger partial charge is 0.249 e. The lowest BCUT2D eigenvalue weighted by Crippen LogP contribution is -2.20. The zero-order valence-electron chi connectivity index (χ0n) is 13.2. The highest BCUT2D eigenvalue weighted by Crippen LogP contribution is 2.21. The molecule has 5 nitrogen and oxygen atoms in total. The van der Waals surface area contributed by atoms with Gasteiger partial charge in [-0.3, -0.25) is 0 Å². The molecule has 2 aromatic rings. The highest BCUT2D eigenvalue weighted by molar-refractivity contribution is 5.60. The van der Waals surface area contributed by atoms with E-state index in [2.05, 4.69) is 52.2 Å².